The average Bonchev–Trinajstić information content (AvgIpc) is 2.53. The molecular formula is C16H20N2O3. The average molecular weight is 288 g/mol. The van der Waals surface area contributed by atoms with Crippen molar-refractivity contribution in [1.29, 1.82) is 5.26 Å². The number of ether oxygens (including phenoxy) is 2. The molecule has 0 saturated carbocycles. The second-order valence-corrected chi connectivity index (χ2v) is 5.05. The summed E-state index contributed by atoms with van der Waals surface area (Å²) in [5.74, 6) is -0.0933. The molecule has 1 amide bonds. The maximum absolute atomic E-state index is 11.7. The van der Waals surface area contributed by atoms with Gasteiger partial charge >= 0.3 is 0 Å². The predicted molar refractivity (Wildman–Crippen MR) is 78.8 cm³/mol. The molecule has 21 heavy (non-hydrogen) atoms. The molecule has 0 aliphatic carbocycles. The normalized spacial score (nSPS) is 18.0. The van der Waals surface area contributed by atoms with E-state index in [1.807, 2.05) is 6.07 Å². The highest BCUT2D eigenvalue weighted by atomic mass is 16.5. The number of amides is 1. The van der Waals surface area contributed by atoms with Gasteiger partial charge in [0, 0.05) is 12.3 Å². The molecule has 1 aromatic carbocycles. The van der Waals surface area contributed by atoms with E-state index in [1.165, 1.54) is 6.42 Å². The van der Waals surface area contributed by atoms with E-state index >= 15 is 0 Å². The SMILES string of the molecule is N#Cc1ccc(NC(=O)CCOCC2CCCCO2)cc1. The molecule has 0 aromatic heterocycles. The third-order valence-electron chi connectivity index (χ3n) is 3.35. The van der Waals surface area contributed by atoms with Crippen LogP contribution in [0.3, 0.4) is 0 Å². The second kappa shape index (κ2) is 8.40. The lowest BCUT2D eigenvalue weighted by Gasteiger charge is -2.22. The summed E-state index contributed by atoms with van der Waals surface area (Å²) in [5.41, 5.74) is 1.26. The topological polar surface area (TPSA) is 71.4 Å². The molecule has 0 radical (unpaired) electrons. The Labute approximate surface area is 124 Å². The Kier molecular flexibility index (Phi) is 6.20. The lowest BCUT2D eigenvalue weighted by molar-refractivity contribution is -0.117. The van der Waals surface area contributed by atoms with E-state index in [-0.39, 0.29) is 12.0 Å². The second-order valence-electron chi connectivity index (χ2n) is 5.05. The summed E-state index contributed by atoms with van der Waals surface area (Å²) in [4.78, 5) is 11.7. The first kappa shape index (κ1) is 15.5. The molecule has 1 aliphatic rings. The predicted octanol–water partition coefficient (Wildman–Crippen LogP) is 2.47. The Bertz CT molecular complexity index is 487. The maximum atomic E-state index is 11.7. The molecule has 1 saturated heterocycles. The fourth-order valence-corrected chi connectivity index (χ4v) is 2.17. The molecule has 112 valence electrons. The molecule has 1 aromatic rings. The van der Waals surface area contributed by atoms with Crippen LogP contribution in [0.2, 0.25) is 0 Å². The van der Waals surface area contributed by atoms with E-state index in [1.54, 1.807) is 24.3 Å². The smallest absolute Gasteiger partial charge is 0.226 e. The van der Waals surface area contributed by atoms with Gasteiger partial charge in [-0.25, -0.2) is 0 Å². The first-order valence-electron chi connectivity index (χ1n) is 7.27. The molecule has 1 atom stereocenters. The van der Waals surface area contributed by atoms with Gasteiger partial charge in [-0.2, -0.15) is 5.26 Å². The zero-order valence-corrected chi connectivity index (χ0v) is 12.0. The number of nitriles is 1. The van der Waals surface area contributed by atoms with E-state index in [2.05, 4.69) is 5.32 Å². The number of benzene rings is 1. The number of carbonyl (C=O) groups excluding carboxylic acids is 1. The summed E-state index contributed by atoms with van der Waals surface area (Å²) >= 11 is 0. The molecule has 5 nitrogen and oxygen atoms in total. The molecule has 0 spiro atoms. The fraction of sp³-hybridized carbons (Fsp3) is 0.500. The van der Waals surface area contributed by atoms with Gasteiger partial charge in [0.15, 0.2) is 0 Å². The van der Waals surface area contributed by atoms with E-state index in [0.29, 0.717) is 30.9 Å². The van der Waals surface area contributed by atoms with Gasteiger partial charge < -0.3 is 14.8 Å². The highest BCUT2D eigenvalue weighted by Crippen LogP contribution is 2.13. The number of hydrogen-bond acceptors (Lipinski definition) is 4. The monoisotopic (exact) mass is 288 g/mol. The molecule has 1 aliphatic heterocycles. The van der Waals surface area contributed by atoms with Crippen LogP contribution in [0.4, 0.5) is 5.69 Å². The van der Waals surface area contributed by atoms with Gasteiger partial charge in [-0.15, -0.1) is 0 Å². The molecule has 1 heterocycles. The van der Waals surface area contributed by atoms with Crippen molar-refractivity contribution in [2.45, 2.75) is 31.8 Å². The first-order valence-corrected chi connectivity index (χ1v) is 7.27. The first-order chi connectivity index (χ1) is 10.3. The minimum atomic E-state index is -0.0933. The van der Waals surface area contributed by atoms with Crippen molar-refractivity contribution < 1.29 is 14.3 Å². The highest BCUT2D eigenvalue weighted by Gasteiger charge is 2.13. The Morgan fingerprint density at radius 1 is 1.38 bits per heavy atom. The van der Waals surface area contributed by atoms with Crippen molar-refractivity contribution in [2.24, 2.45) is 0 Å². The van der Waals surface area contributed by atoms with Crippen LogP contribution in [-0.2, 0) is 14.3 Å². The van der Waals surface area contributed by atoms with E-state index < -0.39 is 0 Å². The summed E-state index contributed by atoms with van der Waals surface area (Å²) in [6.07, 6.45) is 3.85. The van der Waals surface area contributed by atoms with E-state index in [4.69, 9.17) is 14.7 Å². The van der Waals surface area contributed by atoms with Gasteiger partial charge in [0.05, 0.1) is 37.4 Å². The summed E-state index contributed by atoms with van der Waals surface area (Å²) < 4.78 is 11.0. The number of carbonyl (C=O) groups is 1. The van der Waals surface area contributed by atoms with Crippen LogP contribution in [0.1, 0.15) is 31.2 Å². The lowest BCUT2D eigenvalue weighted by atomic mass is 10.1. The van der Waals surface area contributed by atoms with Crippen LogP contribution in [0.15, 0.2) is 24.3 Å². The van der Waals surface area contributed by atoms with Crippen LogP contribution in [0.25, 0.3) is 0 Å². The number of hydrogen-bond donors (Lipinski definition) is 1. The Morgan fingerprint density at radius 2 is 2.19 bits per heavy atom. The Morgan fingerprint density at radius 3 is 2.86 bits per heavy atom. The van der Waals surface area contributed by atoms with Gasteiger partial charge in [0.25, 0.3) is 0 Å². The summed E-state index contributed by atoms with van der Waals surface area (Å²) in [6, 6.07) is 8.81. The number of anilines is 1. The quantitative estimate of drug-likeness (QED) is 0.816. The van der Waals surface area contributed by atoms with Crippen molar-refractivity contribution in [3.05, 3.63) is 29.8 Å². The zero-order chi connectivity index (χ0) is 14.9. The van der Waals surface area contributed by atoms with Crippen molar-refractivity contribution >= 4 is 11.6 Å². The minimum Gasteiger partial charge on any atom is -0.378 e. The maximum Gasteiger partial charge on any atom is 0.226 e. The van der Waals surface area contributed by atoms with Crippen molar-refractivity contribution in [3.63, 3.8) is 0 Å². The third-order valence-corrected chi connectivity index (χ3v) is 3.35. The Hall–Kier alpha value is -1.90. The summed E-state index contributed by atoms with van der Waals surface area (Å²) in [7, 11) is 0. The number of nitrogens with zero attached hydrogens (tertiary/aromatic N) is 1. The van der Waals surface area contributed by atoms with Gasteiger partial charge in [-0.1, -0.05) is 0 Å². The van der Waals surface area contributed by atoms with Crippen LogP contribution < -0.4 is 5.32 Å². The standard InChI is InChI=1S/C16H20N2O3/c17-11-13-4-6-14(7-5-13)18-16(19)8-10-20-12-15-3-1-2-9-21-15/h4-7,15H,1-3,8-10,12H2,(H,18,19). The van der Waals surface area contributed by atoms with Crippen molar-refractivity contribution in [2.75, 3.05) is 25.1 Å². The van der Waals surface area contributed by atoms with Gasteiger partial charge in [0.2, 0.25) is 5.91 Å². The Balaban J connectivity index is 1.61. The van der Waals surface area contributed by atoms with Crippen LogP contribution in [-0.4, -0.2) is 31.8 Å². The third kappa shape index (κ3) is 5.54. The van der Waals surface area contributed by atoms with E-state index in [0.717, 1.165) is 19.4 Å². The molecule has 1 N–H and O–H groups in total. The van der Waals surface area contributed by atoms with Gasteiger partial charge in [-0.05, 0) is 43.5 Å². The molecule has 1 fully saturated rings. The highest BCUT2D eigenvalue weighted by molar-refractivity contribution is 5.90. The van der Waals surface area contributed by atoms with Crippen LogP contribution >= 0.6 is 0 Å². The van der Waals surface area contributed by atoms with Gasteiger partial charge in [-0.3, -0.25) is 4.79 Å². The molecule has 0 bridgehead atoms. The van der Waals surface area contributed by atoms with Gasteiger partial charge in [0.1, 0.15) is 0 Å². The largest absolute Gasteiger partial charge is 0.378 e. The molecule has 2 rings (SSSR count). The molecule has 5 heteroatoms. The fourth-order valence-electron chi connectivity index (χ4n) is 2.17. The van der Waals surface area contributed by atoms with Crippen molar-refractivity contribution in [3.8, 4) is 6.07 Å². The summed E-state index contributed by atoms with van der Waals surface area (Å²) in [6.45, 7) is 1.76. The lowest BCUT2D eigenvalue weighted by Crippen LogP contribution is -2.25. The molecule has 1 unspecified atom stereocenters. The molecular weight excluding hydrogens is 268 g/mol. The zero-order valence-electron chi connectivity index (χ0n) is 12.0. The van der Waals surface area contributed by atoms with Crippen LogP contribution in [0, 0.1) is 11.3 Å². The minimum absolute atomic E-state index is 0.0933. The summed E-state index contributed by atoms with van der Waals surface area (Å²) in [5, 5.41) is 11.5. The van der Waals surface area contributed by atoms with E-state index in [9.17, 15) is 4.79 Å². The van der Waals surface area contributed by atoms with Crippen LogP contribution in [0.5, 0.6) is 0 Å². The van der Waals surface area contributed by atoms with Crippen molar-refractivity contribution in [1.82, 2.24) is 0 Å². The number of rotatable bonds is 6. The number of nitrogens with one attached hydrogen (secondary N) is 1.